The summed E-state index contributed by atoms with van der Waals surface area (Å²) in [7, 11) is 1.80. The molecule has 0 saturated heterocycles. The average Bonchev–Trinajstić information content (AvgIpc) is 2.73. The lowest BCUT2D eigenvalue weighted by atomic mass is 9.96. The Balaban J connectivity index is 1.67. The monoisotopic (exact) mass is 380 g/mol. The van der Waals surface area contributed by atoms with Crippen LogP contribution in [0.1, 0.15) is 44.1 Å². The molecule has 0 aromatic heterocycles. The number of aryl methyl sites for hydroxylation is 1. The summed E-state index contributed by atoms with van der Waals surface area (Å²) in [6.45, 7) is 0. The lowest BCUT2D eigenvalue weighted by Crippen LogP contribution is -2.43. The zero-order valence-electron chi connectivity index (χ0n) is 16.4. The fourth-order valence-electron chi connectivity index (χ4n) is 3.64. The topological polar surface area (TPSA) is 69.6 Å². The number of carbonyl (C=O) groups excluding carboxylic acids is 1. The van der Waals surface area contributed by atoms with E-state index in [1.165, 1.54) is 19.3 Å². The second-order valence-corrected chi connectivity index (χ2v) is 7.48. The van der Waals surface area contributed by atoms with E-state index in [4.69, 9.17) is 5.11 Å². The van der Waals surface area contributed by atoms with E-state index >= 15 is 0 Å². The van der Waals surface area contributed by atoms with E-state index in [-0.39, 0.29) is 18.5 Å². The Morgan fingerprint density at radius 1 is 1.04 bits per heavy atom. The molecule has 0 radical (unpaired) electrons. The SMILES string of the molecule is CN(C(=O)NC1CCCCC1)c1cccc(-c2ccc(CCC(=O)O)cc2)c1. The molecule has 0 bridgehead atoms. The third-order valence-corrected chi connectivity index (χ3v) is 5.39. The lowest BCUT2D eigenvalue weighted by molar-refractivity contribution is -0.136. The van der Waals surface area contributed by atoms with E-state index in [0.717, 1.165) is 35.2 Å². The van der Waals surface area contributed by atoms with Crippen LogP contribution in [0.5, 0.6) is 0 Å². The first kappa shape index (κ1) is 19.9. The minimum absolute atomic E-state index is 0.0620. The Morgan fingerprint density at radius 2 is 1.75 bits per heavy atom. The van der Waals surface area contributed by atoms with Gasteiger partial charge in [0.25, 0.3) is 0 Å². The van der Waals surface area contributed by atoms with Gasteiger partial charge in [-0.3, -0.25) is 9.69 Å². The highest BCUT2D eigenvalue weighted by Crippen LogP contribution is 2.25. The van der Waals surface area contributed by atoms with E-state index in [1.54, 1.807) is 11.9 Å². The number of hydrogen-bond acceptors (Lipinski definition) is 2. The molecular weight excluding hydrogens is 352 g/mol. The van der Waals surface area contributed by atoms with Crippen molar-refractivity contribution < 1.29 is 14.7 Å². The molecule has 1 saturated carbocycles. The molecule has 0 spiro atoms. The Morgan fingerprint density at radius 3 is 2.43 bits per heavy atom. The number of hydrogen-bond donors (Lipinski definition) is 2. The quantitative estimate of drug-likeness (QED) is 0.753. The first-order chi connectivity index (χ1) is 13.5. The molecule has 3 rings (SSSR count). The van der Waals surface area contributed by atoms with Gasteiger partial charge >= 0.3 is 12.0 Å². The van der Waals surface area contributed by atoms with Gasteiger partial charge in [-0.05, 0) is 48.1 Å². The minimum atomic E-state index is -0.786. The lowest BCUT2D eigenvalue weighted by Gasteiger charge is -2.26. The molecule has 5 heteroatoms. The fraction of sp³-hybridized carbons (Fsp3) is 0.391. The summed E-state index contributed by atoms with van der Waals surface area (Å²) in [6, 6.07) is 16.1. The van der Waals surface area contributed by atoms with Gasteiger partial charge in [0.2, 0.25) is 0 Å². The van der Waals surface area contributed by atoms with E-state index in [0.29, 0.717) is 6.42 Å². The zero-order chi connectivity index (χ0) is 19.9. The molecule has 0 aliphatic heterocycles. The van der Waals surface area contributed by atoms with Gasteiger partial charge in [0.15, 0.2) is 0 Å². The summed E-state index contributed by atoms with van der Waals surface area (Å²) in [5.74, 6) is -0.786. The van der Waals surface area contributed by atoms with Crippen LogP contribution in [-0.2, 0) is 11.2 Å². The number of urea groups is 1. The number of nitrogens with one attached hydrogen (secondary N) is 1. The van der Waals surface area contributed by atoms with Gasteiger partial charge in [-0.1, -0.05) is 55.7 Å². The zero-order valence-corrected chi connectivity index (χ0v) is 16.4. The van der Waals surface area contributed by atoms with Crippen molar-refractivity contribution in [2.75, 3.05) is 11.9 Å². The maximum Gasteiger partial charge on any atom is 0.321 e. The molecule has 0 atom stereocenters. The van der Waals surface area contributed by atoms with Crippen molar-refractivity contribution >= 4 is 17.7 Å². The molecule has 28 heavy (non-hydrogen) atoms. The first-order valence-corrected chi connectivity index (χ1v) is 9.98. The highest BCUT2D eigenvalue weighted by atomic mass is 16.4. The molecule has 1 aliphatic rings. The third-order valence-electron chi connectivity index (χ3n) is 5.39. The standard InChI is InChI=1S/C23H28N2O3/c1-25(23(28)24-20-7-3-2-4-8-20)21-9-5-6-19(16-21)18-13-10-17(11-14-18)12-15-22(26)27/h5-6,9-11,13-14,16,20H,2-4,7-8,12,15H2,1H3,(H,24,28)(H,26,27). The normalized spacial score (nSPS) is 14.5. The van der Waals surface area contributed by atoms with Crippen LogP contribution < -0.4 is 10.2 Å². The largest absolute Gasteiger partial charge is 0.481 e. The number of amides is 2. The van der Waals surface area contributed by atoms with Crippen molar-refractivity contribution in [3.63, 3.8) is 0 Å². The maximum atomic E-state index is 12.6. The van der Waals surface area contributed by atoms with Crippen LogP contribution in [0.2, 0.25) is 0 Å². The van der Waals surface area contributed by atoms with Crippen LogP contribution in [0.25, 0.3) is 11.1 Å². The van der Waals surface area contributed by atoms with Crippen LogP contribution >= 0.6 is 0 Å². The summed E-state index contributed by atoms with van der Waals surface area (Å²) in [5, 5.41) is 11.9. The predicted molar refractivity (Wildman–Crippen MR) is 112 cm³/mol. The van der Waals surface area contributed by atoms with Gasteiger partial charge in [-0.2, -0.15) is 0 Å². The number of aliphatic carboxylic acids is 1. The Bertz CT molecular complexity index is 811. The van der Waals surface area contributed by atoms with Gasteiger partial charge < -0.3 is 10.4 Å². The number of carboxylic acids is 1. The second-order valence-electron chi connectivity index (χ2n) is 7.48. The fourth-order valence-corrected chi connectivity index (χ4v) is 3.64. The van der Waals surface area contributed by atoms with Crippen LogP contribution in [-0.4, -0.2) is 30.2 Å². The van der Waals surface area contributed by atoms with Gasteiger partial charge in [-0.15, -0.1) is 0 Å². The van der Waals surface area contributed by atoms with Crippen LogP contribution in [0, 0.1) is 0 Å². The minimum Gasteiger partial charge on any atom is -0.481 e. The highest BCUT2D eigenvalue weighted by molar-refractivity contribution is 5.92. The molecular formula is C23H28N2O3. The van der Waals surface area contributed by atoms with E-state index in [1.807, 2.05) is 48.5 Å². The molecule has 2 N–H and O–H groups in total. The van der Waals surface area contributed by atoms with E-state index < -0.39 is 5.97 Å². The van der Waals surface area contributed by atoms with Crippen LogP contribution in [0.4, 0.5) is 10.5 Å². The maximum absolute atomic E-state index is 12.6. The molecule has 0 heterocycles. The van der Waals surface area contributed by atoms with Crippen molar-refractivity contribution in [1.29, 1.82) is 0 Å². The molecule has 2 amide bonds. The predicted octanol–water partition coefficient (Wildman–Crippen LogP) is 4.85. The molecule has 2 aromatic carbocycles. The summed E-state index contributed by atoms with van der Waals surface area (Å²) in [4.78, 5) is 25.0. The molecule has 2 aromatic rings. The molecule has 0 unspecified atom stereocenters. The first-order valence-electron chi connectivity index (χ1n) is 9.98. The summed E-state index contributed by atoms with van der Waals surface area (Å²) >= 11 is 0. The second kappa shape index (κ2) is 9.40. The van der Waals surface area contributed by atoms with E-state index in [2.05, 4.69) is 5.32 Å². The molecule has 1 aliphatic carbocycles. The number of nitrogens with zero attached hydrogens (tertiary/aromatic N) is 1. The molecule has 5 nitrogen and oxygen atoms in total. The third kappa shape index (κ3) is 5.35. The van der Waals surface area contributed by atoms with Crippen LogP contribution in [0.3, 0.4) is 0 Å². The van der Waals surface area contributed by atoms with Crippen molar-refractivity contribution in [3.05, 3.63) is 54.1 Å². The average molecular weight is 380 g/mol. The van der Waals surface area contributed by atoms with Gasteiger partial charge in [0.05, 0.1) is 0 Å². The number of anilines is 1. The summed E-state index contributed by atoms with van der Waals surface area (Å²) in [6.07, 6.45) is 6.43. The van der Waals surface area contributed by atoms with Crippen molar-refractivity contribution in [2.45, 2.75) is 51.0 Å². The van der Waals surface area contributed by atoms with Gasteiger partial charge in [0.1, 0.15) is 0 Å². The number of rotatable bonds is 6. The molecule has 148 valence electrons. The van der Waals surface area contributed by atoms with E-state index in [9.17, 15) is 9.59 Å². The molecule has 1 fully saturated rings. The summed E-state index contributed by atoms with van der Waals surface area (Å²) in [5.41, 5.74) is 3.92. The summed E-state index contributed by atoms with van der Waals surface area (Å²) < 4.78 is 0. The van der Waals surface area contributed by atoms with Gasteiger partial charge in [0, 0.05) is 25.2 Å². The highest BCUT2D eigenvalue weighted by Gasteiger charge is 2.18. The number of carbonyl (C=O) groups is 2. The van der Waals surface area contributed by atoms with Crippen LogP contribution in [0.15, 0.2) is 48.5 Å². The number of carboxylic acid groups (broad SMARTS) is 1. The van der Waals surface area contributed by atoms with Gasteiger partial charge in [-0.25, -0.2) is 4.79 Å². The van der Waals surface area contributed by atoms with Crippen molar-refractivity contribution in [2.24, 2.45) is 0 Å². The Kier molecular flexibility index (Phi) is 6.69. The smallest absolute Gasteiger partial charge is 0.321 e. The Labute approximate surface area is 166 Å². The van der Waals surface area contributed by atoms with Crippen molar-refractivity contribution in [1.82, 2.24) is 5.32 Å². The Hall–Kier alpha value is -2.82. The number of benzene rings is 2. The van der Waals surface area contributed by atoms with Crippen molar-refractivity contribution in [3.8, 4) is 11.1 Å².